The number of carbonyl (C=O) groups is 1. The summed E-state index contributed by atoms with van der Waals surface area (Å²) in [6, 6.07) is 6.94. The highest BCUT2D eigenvalue weighted by atomic mass is 35.5. The first-order valence-electron chi connectivity index (χ1n) is 7.18. The monoisotopic (exact) mass is 311 g/mol. The summed E-state index contributed by atoms with van der Waals surface area (Å²) in [4.78, 5) is 13.8. The van der Waals surface area contributed by atoms with Crippen LogP contribution in [-0.2, 0) is 9.53 Å². The minimum absolute atomic E-state index is 0.102. The first kappa shape index (κ1) is 16.2. The Balaban J connectivity index is 2.36. The van der Waals surface area contributed by atoms with E-state index in [2.05, 4.69) is 0 Å². The number of hydrogen-bond donors (Lipinski definition) is 2. The molecule has 3 unspecified atom stereocenters. The molecule has 1 aromatic carbocycles. The Labute approximate surface area is 130 Å². The number of amides is 1. The molecule has 2 rings (SSSR count). The second kappa shape index (κ2) is 7.22. The lowest BCUT2D eigenvalue weighted by molar-refractivity contribution is -0.132. The smallest absolute Gasteiger partial charge is 0.237 e. The van der Waals surface area contributed by atoms with Gasteiger partial charge in [0.05, 0.1) is 19.3 Å². The van der Waals surface area contributed by atoms with Gasteiger partial charge in [0, 0.05) is 17.6 Å². The van der Waals surface area contributed by atoms with E-state index >= 15 is 0 Å². The maximum atomic E-state index is 11.7. The van der Waals surface area contributed by atoms with Gasteiger partial charge in [-0.15, -0.1) is 0 Å². The molecule has 1 fully saturated rings. The van der Waals surface area contributed by atoms with E-state index in [9.17, 15) is 4.79 Å². The zero-order valence-corrected chi connectivity index (χ0v) is 12.9. The molecule has 3 atom stereocenters. The number of morpholine rings is 1. The van der Waals surface area contributed by atoms with Gasteiger partial charge in [0.15, 0.2) is 0 Å². The van der Waals surface area contributed by atoms with Crippen LogP contribution in [-0.4, -0.2) is 42.6 Å². The van der Waals surface area contributed by atoms with E-state index in [0.717, 1.165) is 12.0 Å². The first-order valence-corrected chi connectivity index (χ1v) is 7.56. The summed E-state index contributed by atoms with van der Waals surface area (Å²) < 4.78 is 5.39. The lowest BCUT2D eigenvalue weighted by atomic mass is 9.94. The summed E-state index contributed by atoms with van der Waals surface area (Å²) in [6.45, 7) is 3.53. The van der Waals surface area contributed by atoms with Gasteiger partial charge >= 0.3 is 0 Å². The minimum Gasteiger partial charge on any atom is -0.378 e. The molecule has 5 nitrogen and oxygen atoms in total. The molecule has 21 heavy (non-hydrogen) atoms. The Morgan fingerprint density at radius 3 is 2.95 bits per heavy atom. The Kier molecular flexibility index (Phi) is 5.58. The molecule has 0 aromatic heterocycles. The van der Waals surface area contributed by atoms with Gasteiger partial charge in [0.25, 0.3) is 0 Å². The molecular formula is C15H22ClN3O2. The number of nitrogens with zero attached hydrogens (tertiary/aromatic N) is 1. The van der Waals surface area contributed by atoms with Crippen molar-refractivity contribution < 1.29 is 9.53 Å². The van der Waals surface area contributed by atoms with Crippen LogP contribution in [0.15, 0.2) is 24.3 Å². The van der Waals surface area contributed by atoms with Crippen molar-refractivity contribution in [2.75, 3.05) is 19.8 Å². The number of primary amides is 1. The van der Waals surface area contributed by atoms with Gasteiger partial charge in [-0.2, -0.15) is 0 Å². The zero-order chi connectivity index (χ0) is 15.4. The summed E-state index contributed by atoms with van der Waals surface area (Å²) >= 11 is 6.10. The molecular weight excluding hydrogens is 290 g/mol. The predicted molar refractivity (Wildman–Crippen MR) is 83.0 cm³/mol. The lowest BCUT2D eigenvalue weighted by Gasteiger charge is -2.42. The van der Waals surface area contributed by atoms with Gasteiger partial charge in [-0.25, -0.2) is 0 Å². The molecule has 0 bridgehead atoms. The summed E-state index contributed by atoms with van der Waals surface area (Å²) in [5.41, 5.74) is 12.8. The van der Waals surface area contributed by atoms with Gasteiger partial charge in [0.2, 0.25) is 5.91 Å². The second-order valence-corrected chi connectivity index (χ2v) is 5.74. The molecule has 1 aromatic rings. The number of carbonyl (C=O) groups excluding carboxylic acids is 1. The van der Waals surface area contributed by atoms with Crippen LogP contribution < -0.4 is 11.5 Å². The van der Waals surface area contributed by atoms with E-state index in [1.165, 1.54) is 0 Å². The molecule has 0 spiro atoms. The Bertz CT molecular complexity index is 498. The van der Waals surface area contributed by atoms with Crippen molar-refractivity contribution >= 4 is 17.5 Å². The van der Waals surface area contributed by atoms with Crippen molar-refractivity contribution in [1.29, 1.82) is 0 Å². The van der Waals surface area contributed by atoms with Crippen molar-refractivity contribution in [3.63, 3.8) is 0 Å². The fraction of sp³-hybridized carbons (Fsp3) is 0.533. The van der Waals surface area contributed by atoms with Gasteiger partial charge < -0.3 is 16.2 Å². The summed E-state index contributed by atoms with van der Waals surface area (Å²) in [7, 11) is 0. The molecule has 0 aliphatic carbocycles. The average molecular weight is 312 g/mol. The third-order valence-electron chi connectivity index (χ3n) is 3.92. The molecule has 0 saturated carbocycles. The summed E-state index contributed by atoms with van der Waals surface area (Å²) in [5.74, 6) is -0.384. The van der Waals surface area contributed by atoms with Crippen LogP contribution in [0.5, 0.6) is 0 Å². The fourth-order valence-corrected chi connectivity index (χ4v) is 2.99. The van der Waals surface area contributed by atoms with Crippen molar-refractivity contribution in [3.05, 3.63) is 34.9 Å². The molecule has 1 amide bonds. The van der Waals surface area contributed by atoms with Crippen LogP contribution in [0.25, 0.3) is 0 Å². The van der Waals surface area contributed by atoms with Crippen molar-refractivity contribution in [1.82, 2.24) is 4.90 Å². The maximum absolute atomic E-state index is 11.7. The number of benzene rings is 1. The minimum atomic E-state index is -0.458. The maximum Gasteiger partial charge on any atom is 0.237 e. The van der Waals surface area contributed by atoms with E-state index in [0.29, 0.717) is 24.8 Å². The number of halogens is 1. The molecule has 6 heteroatoms. The van der Waals surface area contributed by atoms with Gasteiger partial charge in [-0.1, -0.05) is 30.7 Å². The second-order valence-electron chi connectivity index (χ2n) is 5.30. The summed E-state index contributed by atoms with van der Waals surface area (Å²) in [6.07, 6.45) is 0.792. The van der Waals surface area contributed by atoms with E-state index in [4.69, 9.17) is 27.8 Å². The van der Waals surface area contributed by atoms with Crippen LogP contribution in [0.2, 0.25) is 5.02 Å². The van der Waals surface area contributed by atoms with Gasteiger partial charge in [-0.05, 0) is 24.1 Å². The first-order chi connectivity index (χ1) is 10.0. The molecule has 1 aliphatic heterocycles. The Morgan fingerprint density at radius 1 is 1.57 bits per heavy atom. The van der Waals surface area contributed by atoms with Crippen molar-refractivity contribution in [2.45, 2.75) is 31.5 Å². The van der Waals surface area contributed by atoms with Gasteiger partial charge in [0.1, 0.15) is 6.04 Å². The molecule has 4 N–H and O–H groups in total. The number of nitrogens with two attached hydrogens (primary N) is 2. The van der Waals surface area contributed by atoms with Crippen LogP contribution in [0, 0.1) is 0 Å². The van der Waals surface area contributed by atoms with Crippen LogP contribution in [0.4, 0.5) is 0 Å². The molecule has 0 radical (unpaired) electrons. The molecule has 1 aliphatic rings. The van der Waals surface area contributed by atoms with E-state index in [1.807, 2.05) is 36.1 Å². The third-order valence-corrected chi connectivity index (χ3v) is 4.16. The molecule has 1 heterocycles. The number of ether oxygens (including phenoxy) is 1. The molecule has 116 valence electrons. The van der Waals surface area contributed by atoms with E-state index in [1.54, 1.807) is 0 Å². The van der Waals surface area contributed by atoms with E-state index in [-0.39, 0.29) is 18.0 Å². The highest BCUT2D eigenvalue weighted by molar-refractivity contribution is 6.30. The van der Waals surface area contributed by atoms with Crippen LogP contribution >= 0.6 is 11.6 Å². The van der Waals surface area contributed by atoms with Gasteiger partial charge in [-0.3, -0.25) is 9.69 Å². The van der Waals surface area contributed by atoms with Crippen molar-refractivity contribution in [3.8, 4) is 0 Å². The standard InChI is InChI=1S/C15H22ClN3O2/c1-2-12(17)14(10-4-3-5-11(16)8-10)19-6-7-21-9-13(19)15(18)20/h3-5,8,12-14H,2,6-7,9,17H2,1H3,(H2,18,20). The fourth-order valence-electron chi connectivity index (χ4n) is 2.79. The average Bonchev–Trinajstić information content (AvgIpc) is 2.47. The molecule has 1 saturated heterocycles. The highest BCUT2D eigenvalue weighted by Gasteiger charge is 2.36. The quantitative estimate of drug-likeness (QED) is 0.859. The number of hydrogen-bond acceptors (Lipinski definition) is 4. The largest absolute Gasteiger partial charge is 0.378 e. The number of rotatable bonds is 5. The lowest BCUT2D eigenvalue weighted by Crippen LogP contribution is -2.56. The van der Waals surface area contributed by atoms with E-state index < -0.39 is 6.04 Å². The van der Waals surface area contributed by atoms with Crippen LogP contribution in [0.1, 0.15) is 24.9 Å². The predicted octanol–water partition coefficient (Wildman–Crippen LogP) is 1.30. The SMILES string of the molecule is CCC(N)C(c1cccc(Cl)c1)N1CCOCC1C(N)=O. The van der Waals surface area contributed by atoms with Crippen LogP contribution in [0.3, 0.4) is 0 Å². The Morgan fingerprint density at radius 2 is 2.33 bits per heavy atom. The topological polar surface area (TPSA) is 81.6 Å². The zero-order valence-electron chi connectivity index (χ0n) is 12.2. The Hall–Kier alpha value is -1.14. The third kappa shape index (κ3) is 3.74. The summed E-state index contributed by atoms with van der Waals surface area (Å²) in [5, 5.41) is 0.657. The highest BCUT2D eigenvalue weighted by Crippen LogP contribution is 2.30. The normalized spacial score (nSPS) is 22.7. The van der Waals surface area contributed by atoms with Crippen molar-refractivity contribution in [2.24, 2.45) is 11.5 Å².